The zero-order valence-electron chi connectivity index (χ0n) is 20.5. The van der Waals surface area contributed by atoms with Crippen LogP contribution in [0.25, 0.3) is 0 Å². The molecule has 3 fully saturated rings. The lowest BCUT2D eigenvalue weighted by molar-refractivity contribution is -0.134. The topological polar surface area (TPSA) is 77.9 Å². The predicted molar refractivity (Wildman–Crippen MR) is 135 cm³/mol. The first-order valence-electron chi connectivity index (χ1n) is 12.8. The van der Waals surface area contributed by atoms with Crippen LogP contribution in [0.3, 0.4) is 0 Å². The number of sulfonamides is 1. The highest BCUT2D eigenvalue weighted by atomic mass is 35.5. The first-order valence-corrected chi connectivity index (χ1v) is 14.6. The van der Waals surface area contributed by atoms with Gasteiger partial charge in [0.2, 0.25) is 15.9 Å². The van der Waals surface area contributed by atoms with E-state index in [2.05, 4.69) is 0 Å². The van der Waals surface area contributed by atoms with Gasteiger partial charge in [0, 0.05) is 30.1 Å². The number of amides is 1. The van der Waals surface area contributed by atoms with E-state index in [9.17, 15) is 27.1 Å². The second-order valence-corrected chi connectivity index (χ2v) is 12.8. The Morgan fingerprint density at radius 1 is 1.03 bits per heavy atom. The van der Waals surface area contributed by atoms with E-state index in [1.54, 1.807) is 4.90 Å². The maximum absolute atomic E-state index is 14.2. The first-order chi connectivity index (χ1) is 17.6. The highest BCUT2D eigenvalue weighted by molar-refractivity contribution is 7.89. The lowest BCUT2D eigenvalue weighted by Crippen LogP contribution is -2.51. The molecule has 6 nitrogen and oxygen atoms in total. The summed E-state index contributed by atoms with van der Waals surface area (Å²) >= 11 is 6.01. The first kappa shape index (κ1) is 26.5. The molecule has 0 radical (unpaired) electrons. The van der Waals surface area contributed by atoms with Crippen LogP contribution in [0.15, 0.2) is 47.4 Å². The van der Waals surface area contributed by atoms with Crippen LogP contribution >= 0.6 is 11.6 Å². The van der Waals surface area contributed by atoms with Gasteiger partial charge in [-0.05, 0) is 92.3 Å². The van der Waals surface area contributed by atoms with Crippen molar-refractivity contribution in [3.63, 3.8) is 0 Å². The van der Waals surface area contributed by atoms with Gasteiger partial charge in [-0.25, -0.2) is 17.2 Å². The average Bonchev–Trinajstić information content (AvgIpc) is 3.47. The number of hydrogen-bond acceptors (Lipinski definition) is 4. The summed E-state index contributed by atoms with van der Waals surface area (Å²) in [5, 5.41) is 10.1. The van der Waals surface area contributed by atoms with Crippen molar-refractivity contribution in [2.24, 2.45) is 5.41 Å². The van der Waals surface area contributed by atoms with Gasteiger partial charge in [0.25, 0.3) is 0 Å². The van der Waals surface area contributed by atoms with Crippen LogP contribution in [0.1, 0.15) is 63.0 Å². The number of benzene rings is 2. The van der Waals surface area contributed by atoms with E-state index in [1.807, 2.05) is 0 Å². The van der Waals surface area contributed by atoms with Crippen molar-refractivity contribution in [3.8, 4) is 0 Å². The SMILES string of the molecule is O=C(CC1(C2CCCC(c3cc(F)cc(F)c3)N2S(=O)(=O)c2ccc(Cl)cc2)CC1)N1CCCC1CO. The predicted octanol–water partition coefficient (Wildman–Crippen LogP) is 5.06. The number of hydrogen-bond donors (Lipinski definition) is 1. The van der Waals surface area contributed by atoms with Crippen LogP contribution in [0, 0.1) is 17.0 Å². The zero-order chi connectivity index (χ0) is 26.4. The summed E-state index contributed by atoms with van der Waals surface area (Å²) in [4.78, 5) is 15.1. The van der Waals surface area contributed by atoms with Crippen molar-refractivity contribution in [2.75, 3.05) is 13.2 Å². The van der Waals surface area contributed by atoms with E-state index >= 15 is 0 Å². The fraction of sp³-hybridized carbons (Fsp3) is 0.519. The number of carbonyl (C=O) groups is 1. The standard InChI is InChI=1S/C27H31ClF2N2O4S/c28-19-6-8-23(9-7-19)37(35,36)32-24(18-13-20(29)15-21(30)14-18)4-1-5-25(32)27(10-11-27)16-26(34)31-12-2-3-22(31)17-33/h6-9,13-15,22,24-25,33H,1-5,10-12,16-17H2. The van der Waals surface area contributed by atoms with Gasteiger partial charge in [-0.1, -0.05) is 11.6 Å². The molecule has 2 aliphatic heterocycles. The molecule has 1 N–H and O–H groups in total. The Labute approximate surface area is 221 Å². The maximum atomic E-state index is 14.2. The van der Waals surface area contributed by atoms with E-state index in [4.69, 9.17) is 11.6 Å². The molecule has 2 aromatic rings. The van der Waals surface area contributed by atoms with Crippen molar-refractivity contribution in [3.05, 3.63) is 64.7 Å². The minimum atomic E-state index is -4.10. The summed E-state index contributed by atoms with van der Waals surface area (Å²) < 4.78 is 58.2. The Morgan fingerprint density at radius 3 is 2.32 bits per heavy atom. The van der Waals surface area contributed by atoms with Gasteiger partial charge in [-0.2, -0.15) is 4.31 Å². The van der Waals surface area contributed by atoms with Gasteiger partial charge in [-0.3, -0.25) is 4.79 Å². The number of carbonyl (C=O) groups excluding carboxylic acids is 1. The molecule has 2 heterocycles. The molecule has 200 valence electrons. The maximum Gasteiger partial charge on any atom is 0.243 e. The van der Waals surface area contributed by atoms with Gasteiger partial charge >= 0.3 is 0 Å². The van der Waals surface area contributed by atoms with Crippen molar-refractivity contribution < 1.29 is 27.1 Å². The molecule has 5 rings (SSSR count). The van der Waals surface area contributed by atoms with Crippen LogP contribution in [-0.2, 0) is 14.8 Å². The number of piperidine rings is 1. The molecule has 2 aromatic carbocycles. The van der Waals surface area contributed by atoms with E-state index in [0.29, 0.717) is 43.7 Å². The summed E-state index contributed by atoms with van der Waals surface area (Å²) in [6.07, 6.45) is 4.78. The molecule has 3 atom stereocenters. The van der Waals surface area contributed by atoms with Crippen LogP contribution in [-0.4, -0.2) is 53.9 Å². The minimum Gasteiger partial charge on any atom is -0.394 e. The fourth-order valence-electron chi connectivity index (χ4n) is 6.24. The van der Waals surface area contributed by atoms with Crippen molar-refractivity contribution in [1.29, 1.82) is 0 Å². The summed E-state index contributed by atoms with van der Waals surface area (Å²) in [7, 11) is -4.10. The summed E-state index contributed by atoms with van der Waals surface area (Å²) in [5.74, 6) is -1.60. The molecule has 1 amide bonds. The van der Waals surface area contributed by atoms with Crippen LogP contribution in [0.2, 0.25) is 5.02 Å². The second-order valence-electron chi connectivity index (χ2n) is 10.6. The Hall–Kier alpha value is -2.07. The molecule has 0 aromatic heterocycles. The molecule has 3 unspecified atom stereocenters. The number of halogens is 3. The largest absolute Gasteiger partial charge is 0.394 e. The number of nitrogens with zero attached hydrogens (tertiary/aromatic N) is 2. The monoisotopic (exact) mass is 552 g/mol. The molecule has 0 bridgehead atoms. The van der Waals surface area contributed by atoms with Crippen LogP contribution < -0.4 is 0 Å². The molecule has 2 saturated heterocycles. The summed E-state index contributed by atoms with van der Waals surface area (Å²) in [6, 6.07) is 7.57. The Kier molecular flexibility index (Phi) is 7.35. The molecule has 1 saturated carbocycles. The third-order valence-corrected chi connectivity index (χ3v) is 10.4. The third-order valence-electron chi connectivity index (χ3n) is 8.24. The van der Waals surface area contributed by atoms with Gasteiger partial charge in [0.05, 0.1) is 23.6 Å². The van der Waals surface area contributed by atoms with Gasteiger partial charge < -0.3 is 10.0 Å². The van der Waals surface area contributed by atoms with E-state index < -0.39 is 39.2 Å². The smallest absolute Gasteiger partial charge is 0.243 e. The molecule has 1 aliphatic carbocycles. The van der Waals surface area contributed by atoms with E-state index in [-0.39, 0.29) is 35.4 Å². The Morgan fingerprint density at radius 2 is 1.70 bits per heavy atom. The lowest BCUT2D eigenvalue weighted by Gasteiger charge is -2.45. The average molecular weight is 553 g/mol. The molecule has 0 spiro atoms. The van der Waals surface area contributed by atoms with Crippen LogP contribution in [0.4, 0.5) is 8.78 Å². The number of aliphatic hydroxyl groups excluding tert-OH is 1. The van der Waals surface area contributed by atoms with E-state index in [1.165, 1.54) is 40.7 Å². The zero-order valence-corrected chi connectivity index (χ0v) is 22.0. The van der Waals surface area contributed by atoms with Gasteiger partial charge in [0.1, 0.15) is 11.6 Å². The highest BCUT2D eigenvalue weighted by Crippen LogP contribution is 2.59. The lowest BCUT2D eigenvalue weighted by atomic mass is 9.82. The van der Waals surface area contributed by atoms with E-state index in [0.717, 1.165) is 18.9 Å². The van der Waals surface area contributed by atoms with Crippen LogP contribution in [0.5, 0.6) is 0 Å². The molecule has 10 heteroatoms. The second kappa shape index (κ2) is 10.2. The van der Waals surface area contributed by atoms with Crippen molar-refractivity contribution in [1.82, 2.24) is 9.21 Å². The number of aliphatic hydroxyl groups is 1. The third kappa shape index (κ3) is 5.15. The van der Waals surface area contributed by atoms with Crippen molar-refractivity contribution in [2.45, 2.75) is 74.4 Å². The number of likely N-dealkylation sites (tertiary alicyclic amines) is 1. The molecule has 37 heavy (non-hydrogen) atoms. The fourth-order valence-corrected chi connectivity index (χ4v) is 8.32. The summed E-state index contributed by atoms with van der Waals surface area (Å²) in [6.45, 7) is 0.495. The normalized spacial score (nSPS) is 25.8. The number of rotatable bonds is 7. The minimum absolute atomic E-state index is 0.0488. The quantitative estimate of drug-likeness (QED) is 0.521. The van der Waals surface area contributed by atoms with Gasteiger partial charge in [-0.15, -0.1) is 0 Å². The molecular weight excluding hydrogens is 522 g/mol. The Bertz CT molecular complexity index is 1250. The van der Waals surface area contributed by atoms with Crippen molar-refractivity contribution >= 4 is 27.5 Å². The molecular formula is C27H31ClF2N2O4S. The Balaban J connectivity index is 1.54. The molecule has 3 aliphatic rings. The van der Waals surface area contributed by atoms with Gasteiger partial charge in [0.15, 0.2) is 0 Å². The summed E-state index contributed by atoms with van der Waals surface area (Å²) in [5.41, 5.74) is -0.286. The highest BCUT2D eigenvalue weighted by Gasteiger charge is 2.57.